The number of hydrogen-bond acceptors (Lipinski definition) is 4. The van der Waals surface area contributed by atoms with Gasteiger partial charge in [0.25, 0.3) is 0 Å². The van der Waals surface area contributed by atoms with Gasteiger partial charge in [0.2, 0.25) is 10.0 Å². The van der Waals surface area contributed by atoms with Gasteiger partial charge in [0, 0.05) is 23.8 Å². The highest BCUT2D eigenvalue weighted by Gasteiger charge is 2.30. The summed E-state index contributed by atoms with van der Waals surface area (Å²) in [5, 5.41) is 8.56. The van der Waals surface area contributed by atoms with Gasteiger partial charge in [-0.3, -0.25) is 4.98 Å². The van der Waals surface area contributed by atoms with E-state index >= 15 is 0 Å². The van der Waals surface area contributed by atoms with E-state index < -0.39 is 21.8 Å². The zero-order valence-corrected chi connectivity index (χ0v) is 12.9. The smallest absolute Gasteiger partial charge is 0.384 e. The van der Waals surface area contributed by atoms with E-state index in [1.165, 1.54) is 12.3 Å². The highest BCUT2D eigenvalue weighted by Crippen LogP contribution is 2.32. The topological polar surface area (TPSA) is 85.1 Å². The van der Waals surface area contributed by atoms with Crippen LogP contribution in [-0.2, 0) is 16.2 Å². The Hall–Kier alpha value is -1.87. The molecule has 0 unspecified atom stereocenters. The van der Waals surface area contributed by atoms with Crippen molar-refractivity contribution < 1.29 is 21.6 Å². The van der Waals surface area contributed by atoms with E-state index in [4.69, 9.17) is 5.14 Å². The number of anilines is 1. The number of nitrogens with zero attached hydrogens (tertiary/aromatic N) is 1. The standard InChI is InChI=1S/C14H16F3N3O2S/c15-14(16,17)10-3-4-11-12(5-7-20-13(11)9-10)19-6-1-2-8-23(18,21)22/h3-5,7,9H,1-2,6,8H2,(H,19,20)(H2,18,21,22). The second kappa shape index (κ2) is 6.71. The van der Waals surface area contributed by atoms with Crippen molar-refractivity contribution in [1.29, 1.82) is 0 Å². The number of sulfonamides is 1. The normalized spacial score (nSPS) is 12.5. The molecule has 0 aliphatic rings. The predicted molar refractivity (Wildman–Crippen MR) is 82.4 cm³/mol. The lowest BCUT2D eigenvalue weighted by atomic mass is 10.1. The van der Waals surface area contributed by atoms with Crippen LogP contribution >= 0.6 is 0 Å². The van der Waals surface area contributed by atoms with Crippen LogP contribution in [0.4, 0.5) is 18.9 Å². The molecule has 1 aromatic heterocycles. The summed E-state index contributed by atoms with van der Waals surface area (Å²) < 4.78 is 59.7. The molecule has 0 spiro atoms. The molecule has 0 amide bonds. The number of hydrogen-bond donors (Lipinski definition) is 2. The van der Waals surface area contributed by atoms with E-state index in [9.17, 15) is 21.6 Å². The first-order valence-electron chi connectivity index (χ1n) is 6.87. The SMILES string of the molecule is NS(=O)(=O)CCCCNc1ccnc2cc(C(F)(F)F)ccc12. The molecule has 0 bridgehead atoms. The van der Waals surface area contributed by atoms with Crippen molar-refractivity contribution in [3.05, 3.63) is 36.0 Å². The Morgan fingerprint density at radius 2 is 1.91 bits per heavy atom. The first kappa shape index (κ1) is 17.5. The number of nitrogens with two attached hydrogens (primary N) is 1. The van der Waals surface area contributed by atoms with E-state index in [0.717, 1.165) is 12.1 Å². The maximum atomic E-state index is 12.7. The number of benzene rings is 1. The molecule has 23 heavy (non-hydrogen) atoms. The summed E-state index contributed by atoms with van der Waals surface area (Å²) in [4.78, 5) is 3.96. The summed E-state index contributed by atoms with van der Waals surface area (Å²) >= 11 is 0. The number of rotatable bonds is 6. The molecule has 0 aliphatic heterocycles. The maximum absolute atomic E-state index is 12.7. The van der Waals surface area contributed by atoms with Gasteiger partial charge in [-0.1, -0.05) is 6.07 Å². The number of aromatic nitrogens is 1. The molecule has 2 rings (SSSR count). The average Bonchev–Trinajstić information content (AvgIpc) is 2.44. The highest BCUT2D eigenvalue weighted by molar-refractivity contribution is 7.89. The Labute approximate surface area is 131 Å². The van der Waals surface area contributed by atoms with Gasteiger partial charge in [0.1, 0.15) is 0 Å². The zero-order chi connectivity index (χ0) is 17.1. The third-order valence-electron chi connectivity index (χ3n) is 3.24. The molecular weight excluding hydrogens is 331 g/mol. The first-order valence-corrected chi connectivity index (χ1v) is 8.59. The van der Waals surface area contributed by atoms with Gasteiger partial charge in [-0.05, 0) is 31.0 Å². The molecule has 0 aliphatic carbocycles. The fraction of sp³-hybridized carbons (Fsp3) is 0.357. The van der Waals surface area contributed by atoms with E-state index in [1.807, 2.05) is 0 Å². The van der Waals surface area contributed by atoms with E-state index in [2.05, 4.69) is 10.3 Å². The van der Waals surface area contributed by atoms with Crippen molar-refractivity contribution in [2.24, 2.45) is 5.14 Å². The number of alkyl halides is 3. The molecule has 126 valence electrons. The van der Waals surface area contributed by atoms with Crippen molar-refractivity contribution >= 4 is 26.6 Å². The summed E-state index contributed by atoms with van der Waals surface area (Å²) in [5.41, 5.74) is 0.150. The van der Waals surface area contributed by atoms with E-state index in [-0.39, 0.29) is 11.3 Å². The fourth-order valence-electron chi connectivity index (χ4n) is 2.13. The molecule has 0 saturated heterocycles. The first-order chi connectivity index (χ1) is 10.7. The van der Waals surface area contributed by atoms with Crippen LogP contribution in [0.15, 0.2) is 30.5 Å². The Bertz CT molecular complexity index is 791. The van der Waals surface area contributed by atoms with Crippen LogP contribution in [0.3, 0.4) is 0 Å². The van der Waals surface area contributed by atoms with Gasteiger partial charge in [0.15, 0.2) is 0 Å². The molecule has 2 aromatic rings. The minimum atomic E-state index is -4.41. The van der Waals surface area contributed by atoms with Crippen LogP contribution in [0.25, 0.3) is 10.9 Å². The zero-order valence-electron chi connectivity index (χ0n) is 12.1. The van der Waals surface area contributed by atoms with Crippen molar-refractivity contribution in [3.8, 4) is 0 Å². The summed E-state index contributed by atoms with van der Waals surface area (Å²) in [6.07, 6.45) is -2.00. The predicted octanol–water partition coefficient (Wildman–Crippen LogP) is 2.73. The number of unbranched alkanes of at least 4 members (excludes halogenated alkanes) is 1. The Morgan fingerprint density at radius 1 is 1.17 bits per heavy atom. The van der Waals surface area contributed by atoms with Crippen LogP contribution in [0.5, 0.6) is 0 Å². The Balaban J connectivity index is 2.07. The Morgan fingerprint density at radius 3 is 2.57 bits per heavy atom. The molecular formula is C14H16F3N3O2S. The third kappa shape index (κ3) is 5.07. The van der Waals surface area contributed by atoms with Gasteiger partial charge in [0.05, 0.1) is 16.8 Å². The fourth-order valence-corrected chi connectivity index (χ4v) is 2.74. The van der Waals surface area contributed by atoms with Crippen LogP contribution in [0.2, 0.25) is 0 Å². The lowest BCUT2D eigenvalue weighted by molar-refractivity contribution is -0.137. The minimum Gasteiger partial charge on any atom is -0.384 e. The quantitative estimate of drug-likeness (QED) is 0.787. The van der Waals surface area contributed by atoms with E-state index in [1.54, 1.807) is 6.07 Å². The van der Waals surface area contributed by atoms with Gasteiger partial charge < -0.3 is 5.32 Å². The number of nitrogens with one attached hydrogen (secondary N) is 1. The molecule has 3 N–H and O–H groups in total. The van der Waals surface area contributed by atoms with Crippen molar-refractivity contribution in [3.63, 3.8) is 0 Å². The molecule has 1 aromatic carbocycles. The van der Waals surface area contributed by atoms with Crippen LogP contribution < -0.4 is 10.5 Å². The number of halogens is 3. The molecule has 0 saturated carbocycles. The molecule has 0 atom stereocenters. The lowest BCUT2D eigenvalue weighted by Crippen LogP contribution is -2.17. The monoisotopic (exact) mass is 347 g/mol. The van der Waals surface area contributed by atoms with Gasteiger partial charge >= 0.3 is 6.18 Å². The summed E-state index contributed by atoms with van der Waals surface area (Å²) in [7, 11) is -3.47. The van der Waals surface area contributed by atoms with E-state index in [0.29, 0.717) is 30.5 Å². The van der Waals surface area contributed by atoms with Gasteiger partial charge in [-0.25, -0.2) is 13.6 Å². The second-order valence-electron chi connectivity index (χ2n) is 5.09. The number of pyridine rings is 1. The average molecular weight is 347 g/mol. The minimum absolute atomic E-state index is 0.0965. The molecule has 1 heterocycles. The van der Waals surface area contributed by atoms with Crippen LogP contribution in [0, 0.1) is 0 Å². The highest BCUT2D eigenvalue weighted by atomic mass is 32.2. The van der Waals surface area contributed by atoms with Crippen molar-refractivity contribution in [1.82, 2.24) is 4.98 Å². The Kier molecular flexibility index (Phi) is 5.10. The largest absolute Gasteiger partial charge is 0.416 e. The number of fused-ring (bicyclic) bond motifs is 1. The van der Waals surface area contributed by atoms with Crippen LogP contribution in [0.1, 0.15) is 18.4 Å². The maximum Gasteiger partial charge on any atom is 0.416 e. The molecule has 9 heteroatoms. The third-order valence-corrected chi connectivity index (χ3v) is 4.10. The molecule has 0 fully saturated rings. The summed E-state index contributed by atoms with van der Waals surface area (Å²) in [6.45, 7) is 0.482. The second-order valence-corrected chi connectivity index (χ2v) is 6.82. The van der Waals surface area contributed by atoms with Crippen molar-refractivity contribution in [2.45, 2.75) is 19.0 Å². The molecule has 0 radical (unpaired) electrons. The van der Waals surface area contributed by atoms with Gasteiger partial charge in [-0.15, -0.1) is 0 Å². The summed E-state index contributed by atoms with van der Waals surface area (Å²) in [6, 6.07) is 5.05. The molecule has 5 nitrogen and oxygen atoms in total. The van der Waals surface area contributed by atoms with Crippen molar-refractivity contribution in [2.75, 3.05) is 17.6 Å². The van der Waals surface area contributed by atoms with Crippen LogP contribution in [-0.4, -0.2) is 25.7 Å². The number of primary sulfonamides is 1. The lowest BCUT2D eigenvalue weighted by Gasteiger charge is -2.11. The summed E-state index contributed by atoms with van der Waals surface area (Å²) in [5.74, 6) is -0.0965. The van der Waals surface area contributed by atoms with Gasteiger partial charge in [-0.2, -0.15) is 13.2 Å².